The highest BCUT2D eigenvalue weighted by Gasteiger charge is 2.41. The first-order chi connectivity index (χ1) is 14.9. The van der Waals surface area contributed by atoms with Crippen LogP contribution < -0.4 is 5.32 Å². The minimum atomic E-state index is -4.91. The Kier molecular flexibility index (Phi) is 6.51. The van der Waals surface area contributed by atoms with Crippen LogP contribution in [-0.4, -0.2) is 63.0 Å². The SMILES string of the molecule is CC(C)N(C(=O)c1cc([N+](=O)[O-])c(NC2CC2)cc1C(F)(F)F)[C@@H]1CCCN(C(=O)O)C1. The van der Waals surface area contributed by atoms with Crippen molar-refractivity contribution in [2.45, 2.75) is 63.8 Å². The van der Waals surface area contributed by atoms with Crippen molar-refractivity contribution >= 4 is 23.4 Å². The van der Waals surface area contributed by atoms with Crippen molar-refractivity contribution in [2.75, 3.05) is 18.4 Å². The number of nitrogens with one attached hydrogen (secondary N) is 1. The predicted octanol–water partition coefficient (Wildman–Crippen LogP) is 4.18. The van der Waals surface area contributed by atoms with E-state index in [9.17, 15) is 38.0 Å². The van der Waals surface area contributed by atoms with Gasteiger partial charge < -0.3 is 20.2 Å². The molecule has 1 aliphatic carbocycles. The van der Waals surface area contributed by atoms with Crippen LogP contribution >= 0.6 is 0 Å². The number of alkyl halides is 3. The highest BCUT2D eigenvalue weighted by atomic mass is 19.4. The minimum absolute atomic E-state index is 0.0377. The average molecular weight is 458 g/mol. The van der Waals surface area contributed by atoms with Gasteiger partial charge in [0.1, 0.15) is 5.69 Å². The topological polar surface area (TPSA) is 116 Å². The number of carbonyl (C=O) groups is 2. The number of amides is 2. The van der Waals surface area contributed by atoms with Gasteiger partial charge in [-0.15, -0.1) is 0 Å². The summed E-state index contributed by atoms with van der Waals surface area (Å²) in [5.74, 6) is -1.01. The summed E-state index contributed by atoms with van der Waals surface area (Å²) in [5, 5.41) is 23.6. The molecule has 2 fully saturated rings. The molecule has 1 aromatic rings. The smallest absolute Gasteiger partial charge is 0.417 e. The molecule has 0 bridgehead atoms. The number of piperidine rings is 1. The van der Waals surface area contributed by atoms with E-state index in [1.54, 1.807) is 13.8 Å². The summed E-state index contributed by atoms with van der Waals surface area (Å²) in [6.45, 7) is 3.46. The normalized spacial score (nSPS) is 19.1. The Bertz CT molecular complexity index is 917. The zero-order valence-electron chi connectivity index (χ0n) is 17.7. The number of benzene rings is 1. The average Bonchev–Trinajstić information content (AvgIpc) is 3.50. The second-order valence-corrected chi connectivity index (χ2v) is 8.42. The molecule has 176 valence electrons. The second kappa shape index (κ2) is 8.83. The molecule has 1 aliphatic heterocycles. The van der Waals surface area contributed by atoms with Crippen LogP contribution in [0.15, 0.2) is 12.1 Å². The number of rotatable bonds is 6. The minimum Gasteiger partial charge on any atom is -0.465 e. The molecule has 2 amide bonds. The van der Waals surface area contributed by atoms with Crippen LogP contribution in [0.25, 0.3) is 0 Å². The number of nitro benzene ring substituents is 1. The van der Waals surface area contributed by atoms with Gasteiger partial charge >= 0.3 is 12.3 Å². The molecule has 1 saturated heterocycles. The first-order valence-corrected chi connectivity index (χ1v) is 10.4. The number of carbonyl (C=O) groups excluding carboxylic acids is 1. The molecule has 0 radical (unpaired) electrons. The molecule has 0 aromatic heterocycles. The number of likely N-dealkylation sites (tertiary alicyclic amines) is 1. The Morgan fingerprint density at radius 3 is 2.44 bits per heavy atom. The van der Waals surface area contributed by atoms with E-state index < -0.39 is 52.0 Å². The fourth-order valence-corrected chi connectivity index (χ4v) is 4.03. The quantitative estimate of drug-likeness (QED) is 0.488. The van der Waals surface area contributed by atoms with Crippen molar-refractivity contribution in [3.05, 3.63) is 33.4 Å². The summed E-state index contributed by atoms with van der Waals surface area (Å²) in [6, 6.07) is -0.00880. The Morgan fingerprint density at radius 1 is 1.28 bits per heavy atom. The van der Waals surface area contributed by atoms with E-state index in [2.05, 4.69) is 5.32 Å². The largest absolute Gasteiger partial charge is 0.465 e. The van der Waals surface area contributed by atoms with E-state index in [1.165, 1.54) is 4.90 Å². The molecule has 9 nitrogen and oxygen atoms in total. The molecule has 1 saturated carbocycles. The lowest BCUT2D eigenvalue weighted by Gasteiger charge is -2.40. The third-order valence-electron chi connectivity index (χ3n) is 5.66. The fourth-order valence-electron chi connectivity index (χ4n) is 4.03. The molecule has 0 unspecified atom stereocenters. The lowest BCUT2D eigenvalue weighted by Crippen LogP contribution is -2.54. The van der Waals surface area contributed by atoms with Crippen LogP contribution in [0.5, 0.6) is 0 Å². The van der Waals surface area contributed by atoms with E-state index in [-0.39, 0.29) is 24.8 Å². The first-order valence-electron chi connectivity index (χ1n) is 10.4. The Hall–Kier alpha value is -3.05. The maximum absolute atomic E-state index is 13.9. The molecule has 1 heterocycles. The van der Waals surface area contributed by atoms with Crippen molar-refractivity contribution < 1.29 is 32.8 Å². The fraction of sp³-hybridized carbons (Fsp3) is 0.600. The molecule has 1 atom stereocenters. The lowest BCUT2D eigenvalue weighted by molar-refractivity contribution is -0.384. The number of carboxylic acid groups (broad SMARTS) is 1. The zero-order valence-corrected chi connectivity index (χ0v) is 17.7. The van der Waals surface area contributed by atoms with Crippen molar-refractivity contribution in [3.63, 3.8) is 0 Å². The third kappa shape index (κ3) is 5.05. The molecular formula is C20H25F3N4O5. The van der Waals surface area contributed by atoms with Gasteiger partial charge in [0, 0.05) is 31.2 Å². The Balaban J connectivity index is 2.06. The molecule has 32 heavy (non-hydrogen) atoms. The third-order valence-corrected chi connectivity index (χ3v) is 5.66. The summed E-state index contributed by atoms with van der Waals surface area (Å²) < 4.78 is 41.7. The summed E-state index contributed by atoms with van der Waals surface area (Å²) in [5.41, 5.74) is -2.94. The molecule has 1 aromatic carbocycles. The van der Waals surface area contributed by atoms with Gasteiger partial charge in [-0.05, 0) is 45.6 Å². The van der Waals surface area contributed by atoms with Crippen molar-refractivity contribution in [1.82, 2.24) is 9.80 Å². The Morgan fingerprint density at radius 2 is 1.94 bits per heavy atom. The van der Waals surface area contributed by atoms with Crippen LogP contribution in [0.4, 0.5) is 29.3 Å². The molecular weight excluding hydrogens is 433 g/mol. The molecule has 12 heteroatoms. The molecule has 3 rings (SSSR count). The number of nitrogens with zero attached hydrogens (tertiary/aromatic N) is 3. The maximum atomic E-state index is 13.9. The van der Waals surface area contributed by atoms with Gasteiger partial charge in [-0.1, -0.05) is 0 Å². The highest BCUT2D eigenvalue weighted by Crippen LogP contribution is 2.40. The van der Waals surface area contributed by atoms with Gasteiger partial charge in [-0.3, -0.25) is 14.9 Å². The first kappa shape index (κ1) is 23.6. The van der Waals surface area contributed by atoms with Crippen LogP contribution in [0.3, 0.4) is 0 Å². The van der Waals surface area contributed by atoms with Gasteiger partial charge in [0.05, 0.1) is 22.1 Å². The van der Waals surface area contributed by atoms with E-state index in [1.807, 2.05) is 0 Å². The highest BCUT2D eigenvalue weighted by molar-refractivity contribution is 5.98. The van der Waals surface area contributed by atoms with E-state index in [4.69, 9.17) is 0 Å². The number of hydrogen-bond donors (Lipinski definition) is 2. The van der Waals surface area contributed by atoms with E-state index >= 15 is 0 Å². The predicted molar refractivity (Wildman–Crippen MR) is 109 cm³/mol. The zero-order chi connectivity index (χ0) is 23.8. The number of halogens is 3. The van der Waals surface area contributed by atoms with E-state index in [0.717, 1.165) is 4.90 Å². The number of anilines is 1. The second-order valence-electron chi connectivity index (χ2n) is 8.42. The van der Waals surface area contributed by atoms with Gasteiger partial charge in [0.2, 0.25) is 0 Å². The summed E-state index contributed by atoms with van der Waals surface area (Å²) in [6.07, 6.45) is -3.83. The van der Waals surface area contributed by atoms with Gasteiger partial charge in [-0.25, -0.2) is 4.79 Å². The molecule has 2 aliphatic rings. The van der Waals surface area contributed by atoms with Crippen LogP contribution in [0.1, 0.15) is 55.5 Å². The lowest BCUT2D eigenvalue weighted by atomic mass is 9.98. The molecule has 0 spiro atoms. The van der Waals surface area contributed by atoms with Crippen molar-refractivity contribution in [3.8, 4) is 0 Å². The van der Waals surface area contributed by atoms with Gasteiger partial charge in [0.15, 0.2) is 0 Å². The van der Waals surface area contributed by atoms with Gasteiger partial charge in [0.25, 0.3) is 11.6 Å². The van der Waals surface area contributed by atoms with Crippen LogP contribution in [0, 0.1) is 10.1 Å². The Labute approximate surface area is 182 Å². The molecule has 2 N–H and O–H groups in total. The van der Waals surface area contributed by atoms with Crippen molar-refractivity contribution in [1.29, 1.82) is 0 Å². The monoisotopic (exact) mass is 458 g/mol. The summed E-state index contributed by atoms with van der Waals surface area (Å²) >= 11 is 0. The van der Waals surface area contributed by atoms with Crippen LogP contribution in [-0.2, 0) is 6.18 Å². The number of hydrogen-bond acceptors (Lipinski definition) is 5. The summed E-state index contributed by atoms with van der Waals surface area (Å²) in [4.78, 5) is 37.8. The van der Waals surface area contributed by atoms with E-state index in [0.29, 0.717) is 37.8 Å². The summed E-state index contributed by atoms with van der Waals surface area (Å²) in [7, 11) is 0. The van der Waals surface area contributed by atoms with Crippen molar-refractivity contribution in [2.24, 2.45) is 0 Å². The standard InChI is InChI=1S/C20H25F3N4O5/c1-11(2)26(13-4-3-7-25(10-13)19(29)30)18(28)14-8-17(27(31)32)16(24-12-5-6-12)9-15(14)20(21,22)23/h8-9,11-13,24H,3-7,10H2,1-2H3,(H,29,30)/t13-/m1/s1. The number of nitro groups is 1. The van der Waals surface area contributed by atoms with Crippen LogP contribution in [0.2, 0.25) is 0 Å². The van der Waals surface area contributed by atoms with Gasteiger partial charge in [-0.2, -0.15) is 13.2 Å². The maximum Gasteiger partial charge on any atom is 0.417 e.